The number of benzene rings is 1. The van der Waals surface area contributed by atoms with Crippen molar-refractivity contribution in [1.29, 1.82) is 0 Å². The van der Waals surface area contributed by atoms with Gasteiger partial charge in [0.2, 0.25) is 0 Å². The Hall–Kier alpha value is -1.88. The third-order valence-electron chi connectivity index (χ3n) is 2.00. The van der Waals surface area contributed by atoms with E-state index < -0.39 is 5.97 Å². The molecule has 86 valence electrons. The average molecular weight is 223 g/mol. The number of rotatable bonds is 3. The summed E-state index contributed by atoms with van der Waals surface area (Å²) in [5.41, 5.74) is 4.56. The lowest BCUT2D eigenvalue weighted by Crippen LogP contribution is -2.64. The Balaban J connectivity index is 2.83. The van der Waals surface area contributed by atoms with E-state index >= 15 is 0 Å². The van der Waals surface area contributed by atoms with E-state index in [1.165, 1.54) is 7.11 Å². The number of ether oxygens (including phenoxy) is 1. The molecular weight excluding hydrogens is 208 g/mol. The summed E-state index contributed by atoms with van der Waals surface area (Å²) in [4.78, 5) is 22.6. The van der Waals surface area contributed by atoms with Crippen LogP contribution in [0.3, 0.4) is 0 Å². The first kappa shape index (κ1) is 12.2. The molecule has 0 radical (unpaired) electrons. The molecule has 0 aliphatic carbocycles. The summed E-state index contributed by atoms with van der Waals surface area (Å²) >= 11 is 0. The average Bonchev–Trinajstić information content (AvgIpc) is 2.28. The van der Waals surface area contributed by atoms with Crippen LogP contribution in [0.4, 0.5) is 5.69 Å². The van der Waals surface area contributed by atoms with Crippen molar-refractivity contribution in [2.75, 3.05) is 12.4 Å². The number of hydrogen-bond acceptors (Lipinski definition) is 3. The second kappa shape index (κ2) is 5.27. The largest absolute Gasteiger partial charge is 0.465 e. The van der Waals surface area contributed by atoms with Crippen molar-refractivity contribution in [2.24, 2.45) is 0 Å². The van der Waals surface area contributed by atoms with Crippen LogP contribution in [0.15, 0.2) is 24.3 Å². The molecule has 0 fully saturated rings. The molecule has 1 aromatic carbocycles. The molecule has 0 heterocycles. The minimum absolute atomic E-state index is 0.193. The normalized spacial score (nSPS) is 11.7. The van der Waals surface area contributed by atoms with Gasteiger partial charge >= 0.3 is 5.97 Å². The monoisotopic (exact) mass is 223 g/mol. The molecule has 0 saturated heterocycles. The van der Waals surface area contributed by atoms with E-state index in [2.05, 4.69) is 15.8 Å². The number of anilines is 1. The van der Waals surface area contributed by atoms with Crippen LogP contribution in [0.25, 0.3) is 0 Å². The van der Waals surface area contributed by atoms with E-state index in [-0.39, 0.29) is 11.9 Å². The summed E-state index contributed by atoms with van der Waals surface area (Å²) in [5, 5.41) is 2.65. The van der Waals surface area contributed by atoms with Gasteiger partial charge in [-0.15, -0.1) is 0 Å². The number of amides is 1. The zero-order valence-electron chi connectivity index (χ0n) is 9.32. The summed E-state index contributed by atoms with van der Waals surface area (Å²) in [5.74, 6) is -0.624. The maximum atomic E-state index is 11.4. The first-order valence-electron chi connectivity index (χ1n) is 4.87. The fourth-order valence-electron chi connectivity index (χ4n) is 1.11. The lowest BCUT2D eigenvalue weighted by molar-refractivity contribution is -0.396. The van der Waals surface area contributed by atoms with Crippen LogP contribution in [-0.2, 0) is 9.53 Å². The van der Waals surface area contributed by atoms with Crippen LogP contribution in [0, 0.1) is 0 Å². The van der Waals surface area contributed by atoms with Gasteiger partial charge in [-0.3, -0.25) is 4.79 Å². The molecule has 0 aromatic heterocycles. The van der Waals surface area contributed by atoms with Crippen molar-refractivity contribution in [1.82, 2.24) is 0 Å². The lowest BCUT2D eigenvalue weighted by Gasteiger charge is -2.06. The Bertz CT molecular complexity index is 402. The topological polar surface area (TPSA) is 83.0 Å². The van der Waals surface area contributed by atoms with Crippen molar-refractivity contribution < 1.29 is 20.1 Å². The second-order valence-corrected chi connectivity index (χ2v) is 3.46. The molecule has 16 heavy (non-hydrogen) atoms. The number of carbonyl (C=O) groups excluding carboxylic acids is 2. The second-order valence-electron chi connectivity index (χ2n) is 3.46. The van der Waals surface area contributed by atoms with Crippen LogP contribution in [-0.4, -0.2) is 25.0 Å². The summed E-state index contributed by atoms with van der Waals surface area (Å²) in [7, 11) is 1.31. The van der Waals surface area contributed by atoms with Crippen LogP contribution in [0.1, 0.15) is 17.3 Å². The predicted octanol–water partition coefficient (Wildman–Crippen LogP) is 0.0421. The minimum Gasteiger partial charge on any atom is -0.465 e. The summed E-state index contributed by atoms with van der Waals surface area (Å²) in [6.45, 7) is 1.69. The van der Waals surface area contributed by atoms with Gasteiger partial charge in [-0.25, -0.2) is 4.79 Å². The highest BCUT2D eigenvalue weighted by Gasteiger charge is 2.12. The van der Waals surface area contributed by atoms with Gasteiger partial charge in [-0.2, -0.15) is 0 Å². The van der Waals surface area contributed by atoms with E-state index in [9.17, 15) is 9.59 Å². The van der Waals surface area contributed by atoms with Crippen molar-refractivity contribution in [3.8, 4) is 0 Å². The third-order valence-corrected chi connectivity index (χ3v) is 2.00. The van der Waals surface area contributed by atoms with Gasteiger partial charge in [0.1, 0.15) is 0 Å². The van der Waals surface area contributed by atoms with Gasteiger partial charge < -0.3 is 15.8 Å². The van der Waals surface area contributed by atoms with Gasteiger partial charge in [0.05, 0.1) is 12.7 Å². The van der Waals surface area contributed by atoms with E-state index in [1.807, 2.05) is 0 Å². The number of carbonyl (C=O) groups is 2. The van der Waals surface area contributed by atoms with Crippen LogP contribution >= 0.6 is 0 Å². The van der Waals surface area contributed by atoms with Gasteiger partial charge in [0.15, 0.2) is 6.04 Å². The molecule has 5 nitrogen and oxygen atoms in total. The molecule has 1 rings (SSSR count). The predicted molar refractivity (Wildman–Crippen MR) is 58.8 cm³/mol. The van der Waals surface area contributed by atoms with Gasteiger partial charge in [0, 0.05) is 5.69 Å². The maximum Gasteiger partial charge on any atom is 0.337 e. The number of nitrogens with one attached hydrogen (secondary N) is 1. The Labute approximate surface area is 93.6 Å². The highest BCUT2D eigenvalue weighted by atomic mass is 16.5. The summed E-state index contributed by atoms with van der Waals surface area (Å²) < 4.78 is 4.58. The van der Waals surface area contributed by atoms with E-state index in [4.69, 9.17) is 0 Å². The molecule has 4 N–H and O–H groups in total. The van der Waals surface area contributed by atoms with Gasteiger partial charge in [-0.1, -0.05) is 6.07 Å². The molecule has 0 aliphatic rings. The Kier molecular flexibility index (Phi) is 4.02. The molecule has 1 amide bonds. The van der Waals surface area contributed by atoms with Crippen molar-refractivity contribution in [2.45, 2.75) is 13.0 Å². The summed E-state index contributed by atoms with van der Waals surface area (Å²) in [6, 6.07) is 6.21. The van der Waals surface area contributed by atoms with Crippen LogP contribution < -0.4 is 11.1 Å². The molecular formula is C11H15N2O3+. The molecule has 0 spiro atoms. The third kappa shape index (κ3) is 3.06. The quantitative estimate of drug-likeness (QED) is 0.710. The van der Waals surface area contributed by atoms with Gasteiger partial charge in [-0.05, 0) is 25.1 Å². The van der Waals surface area contributed by atoms with Crippen molar-refractivity contribution >= 4 is 17.6 Å². The molecule has 0 saturated carbocycles. The SMILES string of the molecule is COC(=O)c1cccc(NC(=O)C(C)[NH3+])c1. The molecule has 1 aromatic rings. The number of esters is 1. The van der Waals surface area contributed by atoms with E-state index in [0.29, 0.717) is 11.3 Å². The fourth-order valence-corrected chi connectivity index (χ4v) is 1.11. The highest BCUT2D eigenvalue weighted by molar-refractivity contribution is 5.95. The van der Waals surface area contributed by atoms with Crippen molar-refractivity contribution in [3.63, 3.8) is 0 Å². The maximum absolute atomic E-state index is 11.4. The first-order valence-corrected chi connectivity index (χ1v) is 4.87. The summed E-state index contributed by atoms with van der Waals surface area (Å²) in [6.07, 6.45) is 0. The number of methoxy groups -OCH3 is 1. The fraction of sp³-hybridized carbons (Fsp3) is 0.273. The van der Waals surface area contributed by atoms with Crippen LogP contribution in [0.2, 0.25) is 0 Å². The zero-order valence-corrected chi connectivity index (χ0v) is 9.32. The number of hydrogen-bond donors (Lipinski definition) is 2. The molecule has 5 heteroatoms. The lowest BCUT2D eigenvalue weighted by atomic mass is 10.2. The van der Waals surface area contributed by atoms with Crippen LogP contribution in [0.5, 0.6) is 0 Å². The van der Waals surface area contributed by atoms with Gasteiger partial charge in [0.25, 0.3) is 5.91 Å². The molecule has 0 aliphatic heterocycles. The Morgan fingerprint density at radius 3 is 2.69 bits per heavy atom. The Morgan fingerprint density at radius 2 is 2.12 bits per heavy atom. The number of quaternary nitrogens is 1. The van der Waals surface area contributed by atoms with E-state index in [1.54, 1.807) is 31.2 Å². The Morgan fingerprint density at radius 1 is 1.44 bits per heavy atom. The molecule has 1 atom stereocenters. The zero-order chi connectivity index (χ0) is 12.1. The highest BCUT2D eigenvalue weighted by Crippen LogP contribution is 2.11. The first-order chi connectivity index (χ1) is 7.54. The smallest absolute Gasteiger partial charge is 0.337 e. The minimum atomic E-state index is -0.432. The van der Waals surface area contributed by atoms with E-state index in [0.717, 1.165) is 0 Å². The standard InChI is InChI=1S/C11H14N2O3/c1-7(12)10(14)13-9-5-3-4-8(6-9)11(15)16-2/h3-7H,12H2,1-2H3,(H,13,14)/p+1. The molecule has 0 bridgehead atoms. The van der Waals surface area contributed by atoms with Crippen molar-refractivity contribution in [3.05, 3.63) is 29.8 Å². The molecule has 1 unspecified atom stereocenters.